The Morgan fingerprint density at radius 3 is 2.92 bits per heavy atom. The molecule has 2 fully saturated rings. The standard InChI is InChI=1S/C17H21N5O2/c23-17(18-13-3-4-13)16-20-19-15-6-11-7-21(8-12(11)9-22(15)16)10-14-2-1-5-24-14/h1-2,5,11-13H,3-4,6-10H2,(H,18,23). The van der Waals surface area contributed by atoms with E-state index in [2.05, 4.69) is 20.4 Å². The highest BCUT2D eigenvalue weighted by Crippen LogP contribution is 2.33. The number of likely N-dealkylation sites (tertiary alicyclic amines) is 1. The highest BCUT2D eigenvalue weighted by Gasteiger charge is 2.39. The van der Waals surface area contributed by atoms with E-state index in [4.69, 9.17) is 4.42 Å². The molecule has 1 saturated heterocycles. The second kappa shape index (κ2) is 5.44. The smallest absolute Gasteiger partial charge is 0.289 e. The van der Waals surface area contributed by atoms with Crippen LogP contribution in [-0.4, -0.2) is 44.7 Å². The second-order valence-corrected chi connectivity index (χ2v) is 7.30. The summed E-state index contributed by atoms with van der Waals surface area (Å²) in [4.78, 5) is 14.8. The molecular formula is C17H21N5O2. The number of carbonyl (C=O) groups excluding carboxylic acids is 1. The molecule has 1 aliphatic carbocycles. The molecule has 0 radical (unpaired) electrons. The van der Waals surface area contributed by atoms with Crippen LogP contribution in [0, 0.1) is 11.8 Å². The van der Waals surface area contributed by atoms with Gasteiger partial charge < -0.3 is 14.3 Å². The number of hydrogen-bond donors (Lipinski definition) is 1. The highest BCUT2D eigenvalue weighted by molar-refractivity contribution is 5.91. The van der Waals surface area contributed by atoms with Crippen LogP contribution in [0.2, 0.25) is 0 Å². The van der Waals surface area contributed by atoms with Gasteiger partial charge in [0.05, 0.1) is 12.8 Å². The molecule has 2 atom stereocenters. The van der Waals surface area contributed by atoms with E-state index in [0.717, 1.165) is 57.0 Å². The Morgan fingerprint density at radius 2 is 2.12 bits per heavy atom. The van der Waals surface area contributed by atoms with Crippen molar-refractivity contribution >= 4 is 5.91 Å². The molecule has 2 unspecified atom stereocenters. The minimum absolute atomic E-state index is 0.0693. The summed E-state index contributed by atoms with van der Waals surface area (Å²) < 4.78 is 7.50. The molecule has 1 amide bonds. The van der Waals surface area contributed by atoms with Crippen molar-refractivity contribution in [3.05, 3.63) is 35.8 Å². The number of rotatable bonds is 4. The highest BCUT2D eigenvalue weighted by atomic mass is 16.3. The van der Waals surface area contributed by atoms with Gasteiger partial charge >= 0.3 is 0 Å². The number of carbonyl (C=O) groups is 1. The van der Waals surface area contributed by atoms with Gasteiger partial charge in [0.2, 0.25) is 5.82 Å². The number of aromatic nitrogens is 3. The van der Waals surface area contributed by atoms with Crippen LogP contribution in [0.1, 0.15) is 35.0 Å². The molecule has 0 bridgehead atoms. The predicted molar refractivity (Wildman–Crippen MR) is 85.2 cm³/mol. The topological polar surface area (TPSA) is 76.2 Å². The van der Waals surface area contributed by atoms with Gasteiger partial charge in [-0.2, -0.15) is 0 Å². The lowest BCUT2D eigenvalue weighted by molar-refractivity contribution is 0.0932. The Balaban J connectivity index is 1.30. The Hall–Kier alpha value is -2.15. The Labute approximate surface area is 140 Å². The molecule has 1 saturated carbocycles. The number of nitrogens with zero attached hydrogens (tertiary/aromatic N) is 4. The number of furan rings is 1. The molecule has 2 aromatic heterocycles. The molecule has 2 aliphatic heterocycles. The third-order valence-electron chi connectivity index (χ3n) is 5.42. The van der Waals surface area contributed by atoms with E-state index >= 15 is 0 Å². The molecule has 5 rings (SSSR count). The summed E-state index contributed by atoms with van der Waals surface area (Å²) in [5.41, 5.74) is 0. The normalized spacial score (nSPS) is 26.2. The summed E-state index contributed by atoms with van der Waals surface area (Å²) in [6, 6.07) is 4.30. The summed E-state index contributed by atoms with van der Waals surface area (Å²) in [5, 5.41) is 11.5. The number of hydrogen-bond acceptors (Lipinski definition) is 5. The van der Waals surface area contributed by atoms with Gasteiger partial charge in [0.1, 0.15) is 11.6 Å². The average Bonchev–Trinajstić information content (AvgIpc) is 2.99. The minimum atomic E-state index is -0.0693. The van der Waals surface area contributed by atoms with Crippen molar-refractivity contribution in [1.82, 2.24) is 25.0 Å². The van der Waals surface area contributed by atoms with Gasteiger partial charge in [0.25, 0.3) is 5.91 Å². The fourth-order valence-corrected chi connectivity index (χ4v) is 4.02. The lowest BCUT2D eigenvalue weighted by Crippen LogP contribution is -2.33. The first kappa shape index (κ1) is 14.2. The lowest BCUT2D eigenvalue weighted by atomic mass is 9.89. The summed E-state index contributed by atoms with van der Waals surface area (Å²) in [6.45, 7) is 3.79. The molecule has 0 spiro atoms. The van der Waals surface area contributed by atoms with Crippen molar-refractivity contribution in [2.24, 2.45) is 11.8 Å². The summed E-state index contributed by atoms with van der Waals surface area (Å²) in [7, 11) is 0. The zero-order valence-electron chi connectivity index (χ0n) is 13.5. The van der Waals surface area contributed by atoms with Crippen LogP contribution < -0.4 is 5.32 Å². The molecular weight excluding hydrogens is 306 g/mol. The van der Waals surface area contributed by atoms with Crippen LogP contribution in [0.3, 0.4) is 0 Å². The van der Waals surface area contributed by atoms with Gasteiger partial charge in [-0.15, -0.1) is 10.2 Å². The van der Waals surface area contributed by atoms with Crippen molar-refractivity contribution in [2.75, 3.05) is 13.1 Å². The van der Waals surface area contributed by atoms with Crippen LogP contribution in [0.15, 0.2) is 22.8 Å². The van der Waals surface area contributed by atoms with E-state index in [-0.39, 0.29) is 5.91 Å². The SMILES string of the molecule is O=C(NC1CC1)c1nnc2n1CC1CN(Cc3ccco3)CC1C2. The Bertz CT molecular complexity index is 749. The van der Waals surface area contributed by atoms with Crippen LogP contribution in [-0.2, 0) is 19.5 Å². The van der Waals surface area contributed by atoms with Crippen molar-refractivity contribution in [3.63, 3.8) is 0 Å². The average molecular weight is 327 g/mol. The van der Waals surface area contributed by atoms with Crippen molar-refractivity contribution < 1.29 is 9.21 Å². The predicted octanol–water partition coefficient (Wildman–Crippen LogP) is 1.07. The van der Waals surface area contributed by atoms with E-state index in [9.17, 15) is 4.79 Å². The first-order valence-electron chi connectivity index (χ1n) is 8.74. The summed E-state index contributed by atoms with van der Waals surface area (Å²) in [5.74, 6) is 3.53. The maximum Gasteiger partial charge on any atom is 0.289 e. The number of fused-ring (bicyclic) bond motifs is 2. The van der Waals surface area contributed by atoms with Crippen molar-refractivity contribution in [2.45, 2.75) is 38.4 Å². The van der Waals surface area contributed by atoms with E-state index in [1.54, 1.807) is 6.26 Å². The fraction of sp³-hybridized carbons (Fsp3) is 0.588. The molecule has 126 valence electrons. The monoisotopic (exact) mass is 327 g/mol. The van der Waals surface area contributed by atoms with Crippen molar-refractivity contribution in [3.8, 4) is 0 Å². The van der Waals surface area contributed by atoms with Crippen LogP contribution >= 0.6 is 0 Å². The minimum Gasteiger partial charge on any atom is -0.468 e. The second-order valence-electron chi connectivity index (χ2n) is 7.30. The summed E-state index contributed by atoms with van der Waals surface area (Å²) >= 11 is 0. The maximum atomic E-state index is 12.3. The van der Waals surface area contributed by atoms with Gasteiger partial charge in [0.15, 0.2) is 0 Å². The van der Waals surface area contributed by atoms with E-state index in [1.165, 1.54) is 0 Å². The van der Waals surface area contributed by atoms with Gasteiger partial charge in [-0.05, 0) is 36.8 Å². The number of nitrogens with one attached hydrogen (secondary N) is 1. The summed E-state index contributed by atoms with van der Waals surface area (Å²) in [6.07, 6.45) is 4.80. The molecule has 24 heavy (non-hydrogen) atoms. The Kier molecular flexibility index (Phi) is 3.22. The van der Waals surface area contributed by atoms with Crippen LogP contribution in [0.25, 0.3) is 0 Å². The number of amides is 1. The van der Waals surface area contributed by atoms with Crippen molar-refractivity contribution in [1.29, 1.82) is 0 Å². The van der Waals surface area contributed by atoms with E-state index in [0.29, 0.717) is 23.7 Å². The molecule has 7 heteroatoms. The molecule has 3 aliphatic rings. The maximum absolute atomic E-state index is 12.3. The molecule has 0 aromatic carbocycles. The van der Waals surface area contributed by atoms with Gasteiger partial charge in [-0.1, -0.05) is 0 Å². The fourth-order valence-electron chi connectivity index (χ4n) is 4.02. The Morgan fingerprint density at radius 1 is 1.25 bits per heavy atom. The van der Waals surface area contributed by atoms with Crippen LogP contribution in [0.5, 0.6) is 0 Å². The molecule has 4 heterocycles. The van der Waals surface area contributed by atoms with E-state index in [1.807, 2.05) is 16.7 Å². The largest absolute Gasteiger partial charge is 0.468 e. The zero-order valence-corrected chi connectivity index (χ0v) is 13.5. The lowest BCUT2D eigenvalue weighted by Gasteiger charge is -2.25. The molecule has 1 N–H and O–H groups in total. The third kappa shape index (κ3) is 2.53. The quantitative estimate of drug-likeness (QED) is 0.909. The molecule has 7 nitrogen and oxygen atoms in total. The van der Waals surface area contributed by atoms with E-state index < -0.39 is 0 Å². The third-order valence-corrected chi connectivity index (χ3v) is 5.42. The van der Waals surface area contributed by atoms with Gasteiger partial charge in [-0.25, -0.2) is 0 Å². The van der Waals surface area contributed by atoms with Gasteiger partial charge in [-0.3, -0.25) is 9.69 Å². The molecule has 2 aromatic rings. The first-order valence-corrected chi connectivity index (χ1v) is 8.74. The van der Waals surface area contributed by atoms with Gasteiger partial charge in [0, 0.05) is 32.1 Å². The van der Waals surface area contributed by atoms with Crippen LogP contribution in [0.4, 0.5) is 0 Å². The first-order chi connectivity index (χ1) is 11.8. The zero-order chi connectivity index (χ0) is 16.1.